The lowest BCUT2D eigenvalue weighted by molar-refractivity contribution is 0.122. The Hall–Kier alpha value is -3.10. The summed E-state index contributed by atoms with van der Waals surface area (Å²) < 4.78 is 7.64. The molecule has 1 aliphatic heterocycles. The molecule has 0 atom stereocenters. The number of urea groups is 1. The van der Waals surface area contributed by atoms with E-state index in [0.717, 1.165) is 48.0 Å². The molecule has 168 valence electrons. The van der Waals surface area contributed by atoms with Gasteiger partial charge in [0.1, 0.15) is 0 Å². The Kier molecular flexibility index (Phi) is 7.24. The van der Waals surface area contributed by atoms with Gasteiger partial charge in [0.05, 0.1) is 24.6 Å². The van der Waals surface area contributed by atoms with Crippen molar-refractivity contribution in [3.8, 4) is 11.3 Å². The van der Waals surface area contributed by atoms with Crippen LogP contribution in [0.5, 0.6) is 0 Å². The number of nitrogens with zero attached hydrogens (tertiary/aromatic N) is 3. The number of hydrogen-bond acceptors (Lipinski definition) is 5. The van der Waals surface area contributed by atoms with Crippen LogP contribution in [0.3, 0.4) is 0 Å². The Labute approximate surface area is 192 Å². The summed E-state index contributed by atoms with van der Waals surface area (Å²) in [6.07, 6.45) is 0. The Bertz CT molecular complexity index is 1110. The monoisotopic (exact) mass is 451 g/mol. The second kappa shape index (κ2) is 10.5. The minimum Gasteiger partial charge on any atom is -0.378 e. The lowest BCUT2D eigenvalue weighted by atomic mass is 10.1. The van der Waals surface area contributed by atoms with Gasteiger partial charge < -0.3 is 24.8 Å². The van der Waals surface area contributed by atoms with Crippen molar-refractivity contribution in [1.82, 2.24) is 15.2 Å². The van der Waals surface area contributed by atoms with Gasteiger partial charge in [-0.3, -0.25) is 0 Å². The zero-order valence-electron chi connectivity index (χ0n) is 18.5. The molecule has 0 saturated carbocycles. The van der Waals surface area contributed by atoms with Crippen LogP contribution in [-0.2, 0) is 11.3 Å². The van der Waals surface area contributed by atoms with Crippen LogP contribution in [-0.4, -0.2) is 50.5 Å². The van der Waals surface area contributed by atoms with Crippen LogP contribution >= 0.6 is 11.3 Å². The predicted molar refractivity (Wildman–Crippen MR) is 130 cm³/mol. The summed E-state index contributed by atoms with van der Waals surface area (Å²) in [5, 5.41) is 7.61. The number of nitrogens with one attached hydrogen (secondary N) is 2. The van der Waals surface area contributed by atoms with Crippen LogP contribution in [0, 0.1) is 6.92 Å². The highest BCUT2D eigenvalue weighted by Crippen LogP contribution is 2.25. The van der Waals surface area contributed by atoms with E-state index in [2.05, 4.69) is 68.8 Å². The van der Waals surface area contributed by atoms with Crippen molar-refractivity contribution in [2.75, 3.05) is 44.8 Å². The van der Waals surface area contributed by atoms with Crippen LogP contribution in [0.15, 0.2) is 58.9 Å². The van der Waals surface area contributed by atoms with Crippen molar-refractivity contribution in [3.63, 3.8) is 0 Å². The van der Waals surface area contributed by atoms with Crippen molar-refractivity contribution in [1.29, 1.82) is 0 Å². The van der Waals surface area contributed by atoms with Crippen molar-refractivity contribution < 1.29 is 9.53 Å². The molecule has 1 aromatic heterocycles. The standard InChI is InChI=1S/C24H29N5O2S/c1-18-4-3-5-20(16-18)27-24-29(11-10-26-23(30)25-2)22(17-32-24)19-6-8-21(9-7-19)28-12-14-31-15-13-28/h3-9,16-17H,10-15H2,1-2H3,(H2,25,26,30). The van der Waals surface area contributed by atoms with Gasteiger partial charge in [-0.2, -0.15) is 0 Å². The summed E-state index contributed by atoms with van der Waals surface area (Å²) in [5.41, 5.74) is 5.53. The maximum atomic E-state index is 11.6. The number of aromatic nitrogens is 1. The molecule has 0 unspecified atom stereocenters. The number of aryl methyl sites for hydroxylation is 1. The molecule has 2 N–H and O–H groups in total. The van der Waals surface area contributed by atoms with E-state index in [4.69, 9.17) is 9.73 Å². The van der Waals surface area contributed by atoms with E-state index < -0.39 is 0 Å². The van der Waals surface area contributed by atoms with E-state index >= 15 is 0 Å². The van der Waals surface area contributed by atoms with Crippen LogP contribution in [0.25, 0.3) is 11.3 Å². The molecule has 1 fully saturated rings. The molecule has 0 bridgehead atoms. The zero-order valence-corrected chi connectivity index (χ0v) is 19.3. The van der Waals surface area contributed by atoms with E-state index in [-0.39, 0.29) is 6.03 Å². The highest BCUT2D eigenvalue weighted by molar-refractivity contribution is 7.07. The highest BCUT2D eigenvalue weighted by atomic mass is 32.1. The molecule has 0 spiro atoms. The first-order valence-corrected chi connectivity index (χ1v) is 11.7. The molecule has 3 aromatic rings. The number of anilines is 1. The van der Waals surface area contributed by atoms with Crippen LogP contribution < -0.4 is 20.3 Å². The first kappa shape index (κ1) is 22.1. The van der Waals surface area contributed by atoms with Crippen LogP contribution in [0.4, 0.5) is 16.2 Å². The summed E-state index contributed by atoms with van der Waals surface area (Å²) in [7, 11) is 1.62. The van der Waals surface area contributed by atoms with Crippen molar-refractivity contribution in [3.05, 3.63) is 64.3 Å². The topological polar surface area (TPSA) is 70.9 Å². The summed E-state index contributed by atoms with van der Waals surface area (Å²) in [4.78, 5) is 19.8. The Morgan fingerprint density at radius 1 is 1.16 bits per heavy atom. The Balaban J connectivity index is 1.64. The number of carbonyl (C=O) groups excluding carboxylic acids is 1. The van der Waals surface area contributed by atoms with Gasteiger partial charge >= 0.3 is 6.03 Å². The summed E-state index contributed by atoms with van der Waals surface area (Å²) >= 11 is 1.61. The number of morpholine rings is 1. The summed E-state index contributed by atoms with van der Waals surface area (Å²) in [5.74, 6) is 0. The third-order valence-electron chi connectivity index (χ3n) is 5.41. The number of carbonyl (C=O) groups is 1. The molecule has 1 aliphatic rings. The normalized spacial score (nSPS) is 14.4. The number of benzene rings is 2. The number of thiazole rings is 1. The Morgan fingerprint density at radius 3 is 2.66 bits per heavy atom. The third kappa shape index (κ3) is 5.38. The lowest BCUT2D eigenvalue weighted by Gasteiger charge is -2.28. The highest BCUT2D eigenvalue weighted by Gasteiger charge is 2.13. The van der Waals surface area contributed by atoms with Gasteiger partial charge in [-0.15, -0.1) is 11.3 Å². The molecule has 8 heteroatoms. The molecule has 0 radical (unpaired) electrons. The van der Waals surface area contributed by atoms with Crippen LogP contribution in [0.1, 0.15) is 5.56 Å². The van der Waals surface area contributed by atoms with Gasteiger partial charge in [0, 0.05) is 44.3 Å². The van der Waals surface area contributed by atoms with Crippen molar-refractivity contribution >= 4 is 28.7 Å². The number of hydrogen-bond donors (Lipinski definition) is 2. The molecule has 2 heterocycles. The lowest BCUT2D eigenvalue weighted by Crippen LogP contribution is -2.36. The maximum Gasteiger partial charge on any atom is 0.314 e. The van der Waals surface area contributed by atoms with E-state index in [0.29, 0.717) is 13.1 Å². The van der Waals surface area contributed by atoms with E-state index in [1.165, 1.54) is 11.3 Å². The van der Waals surface area contributed by atoms with Gasteiger partial charge in [0.2, 0.25) is 0 Å². The fourth-order valence-electron chi connectivity index (χ4n) is 3.71. The van der Waals surface area contributed by atoms with Crippen LogP contribution in [0.2, 0.25) is 0 Å². The molecule has 4 rings (SSSR count). The summed E-state index contributed by atoms with van der Waals surface area (Å²) in [6.45, 7) is 6.59. The zero-order chi connectivity index (χ0) is 22.3. The van der Waals surface area contributed by atoms with Gasteiger partial charge in [0.15, 0.2) is 4.80 Å². The smallest absolute Gasteiger partial charge is 0.314 e. The molecular weight excluding hydrogens is 422 g/mol. The quantitative estimate of drug-likeness (QED) is 0.602. The largest absolute Gasteiger partial charge is 0.378 e. The minimum absolute atomic E-state index is 0.186. The van der Waals surface area contributed by atoms with Crippen molar-refractivity contribution in [2.45, 2.75) is 13.5 Å². The molecule has 2 amide bonds. The molecule has 32 heavy (non-hydrogen) atoms. The van der Waals surface area contributed by atoms with Gasteiger partial charge in [-0.05, 0) is 42.3 Å². The molecule has 1 saturated heterocycles. The van der Waals surface area contributed by atoms with Gasteiger partial charge in [-0.25, -0.2) is 9.79 Å². The predicted octanol–water partition coefficient (Wildman–Crippen LogP) is 3.52. The Morgan fingerprint density at radius 2 is 1.94 bits per heavy atom. The van der Waals surface area contributed by atoms with Gasteiger partial charge in [-0.1, -0.05) is 24.3 Å². The SMILES string of the molecule is CNC(=O)NCCn1c(-c2ccc(N3CCOCC3)cc2)csc1=Nc1cccc(C)c1. The van der Waals surface area contributed by atoms with Crippen molar-refractivity contribution in [2.24, 2.45) is 4.99 Å². The van der Waals surface area contributed by atoms with E-state index in [9.17, 15) is 4.79 Å². The average Bonchev–Trinajstić information content (AvgIpc) is 3.22. The first-order chi connectivity index (χ1) is 15.6. The third-order valence-corrected chi connectivity index (χ3v) is 6.27. The molecule has 0 aliphatic carbocycles. The fourth-order valence-corrected chi connectivity index (χ4v) is 4.66. The second-order valence-electron chi connectivity index (χ2n) is 7.66. The molecule has 2 aromatic carbocycles. The second-order valence-corrected chi connectivity index (χ2v) is 8.49. The average molecular weight is 452 g/mol. The minimum atomic E-state index is -0.186. The first-order valence-electron chi connectivity index (χ1n) is 10.8. The maximum absolute atomic E-state index is 11.6. The van der Waals surface area contributed by atoms with Gasteiger partial charge in [0.25, 0.3) is 0 Å². The number of amides is 2. The number of ether oxygens (including phenoxy) is 1. The molecular formula is C24H29N5O2S. The van der Waals surface area contributed by atoms with E-state index in [1.54, 1.807) is 18.4 Å². The fraction of sp³-hybridized carbons (Fsp3) is 0.333. The van der Waals surface area contributed by atoms with E-state index in [1.807, 2.05) is 12.1 Å². The molecule has 7 nitrogen and oxygen atoms in total. The summed E-state index contributed by atoms with van der Waals surface area (Å²) in [6, 6.07) is 16.6. The number of rotatable bonds is 6.